The summed E-state index contributed by atoms with van der Waals surface area (Å²) in [5, 5.41) is 9.63. The Kier molecular flexibility index (Phi) is 12.0. The molecule has 0 spiro atoms. The minimum Gasteiger partial charge on any atom is -0.481 e. The van der Waals surface area contributed by atoms with E-state index in [4.69, 9.17) is 4.74 Å². The summed E-state index contributed by atoms with van der Waals surface area (Å²) < 4.78 is 6.18. The number of nitrogens with zero attached hydrogens (tertiary/aromatic N) is 3. The molecule has 1 unspecified atom stereocenters. The third-order valence-electron chi connectivity index (χ3n) is 16.4. The Morgan fingerprint density at radius 1 is 0.815 bits per heavy atom. The van der Waals surface area contributed by atoms with E-state index in [1.54, 1.807) is 13.8 Å². The molecule has 9 nitrogen and oxygen atoms in total. The number of ketones is 2. The molecule has 5 rings (SSSR count). The molecule has 5 aliphatic rings. The lowest BCUT2D eigenvalue weighted by Crippen LogP contribution is -2.66. The molecule has 0 heterocycles. The first kappa shape index (κ1) is 43.0. The summed E-state index contributed by atoms with van der Waals surface area (Å²) in [7, 11) is 8.32. The Morgan fingerprint density at radius 3 is 1.98 bits per heavy atom. The van der Waals surface area contributed by atoms with Crippen molar-refractivity contribution in [3.63, 3.8) is 0 Å². The highest BCUT2D eigenvalue weighted by atomic mass is 16.5. The summed E-state index contributed by atoms with van der Waals surface area (Å²) in [6.45, 7) is 23.4. The van der Waals surface area contributed by atoms with Gasteiger partial charge in [-0.15, -0.1) is 0 Å². The van der Waals surface area contributed by atoms with Crippen LogP contribution in [0.4, 0.5) is 0 Å². The lowest BCUT2D eigenvalue weighted by molar-refractivity contribution is -0.233. The predicted octanol–water partition coefficient (Wildman–Crippen LogP) is 7.37. The van der Waals surface area contributed by atoms with Crippen LogP contribution in [0, 0.1) is 56.2 Å². The highest BCUT2D eigenvalue weighted by Crippen LogP contribution is 2.76. The smallest absolute Gasteiger partial charge is 0.309 e. The van der Waals surface area contributed by atoms with Crippen LogP contribution in [0.5, 0.6) is 0 Å². The van der Waals surface area contributed by atoms with Gasteiger partial charge in [-0.05, 0) is 144 Å². The van der Waals surface area contributed by atoms with Gasteiger partial charge in [0, 0.05) is 38.0 Å². The average Bonchev–Trinajstić information content (AvgIpc) is 3.36. The number of aliphatic carboxylic acids is 1. The number of ether oxygens (including phenoxy) is 1. The Labute approximate surface area is 327 Å². The monoisotopic (exact) mass is 754 g/mol. The molecule has 0 amide bonds. The van der Waals surface area contributed by atoms with E-state index in [0.717, 1.165) is 83.1 Å². The molecule has 306 valence electrons. The number of Topliss-reactive ketones (excluding diaryl/α,β-unsaturated/α-hetero) is 2. The van der Waals surface area contributed by atoms with Crippen molar-refractivity contribution < 1.29 is 29.0 Å². The van der Waals surface area contributed by atoms with Crippen LogP contribution < -0.4 is 0 Å². The topological polar surface area (TPSA) is 107 Å². The summed E-state index contributed by atoms with van der Waals surface area (Å²) in [5.74, 6) is 0.178. The van der Waals surface area contributed by atoms with E-state index in [1.165, 1.54) is 5.57 Å². The van der Waals surface area contributed by atoms with Gasteiger partial charge >= 0.3 is 11.9 Å². The van der Waals surface area contributed by atoms with E-state index in [0.29, 0.717) is 24.8 Å². The molecule has 0 aromatic rings. The number of carboxylic acid groups (broad SMARTS) is 1. The molecule has 1 N–H and O–H groups in total. The number of fused-ring (bicyclic) bond motifs is 7. The fourth-order valence-corrected chi connectivity index (χ4v) is 13.1. The van der Waals surface area contributed by atoms with Gasteiger partial charge in [0.2, 0.25) is 0 Å². The maximum atomic E-state index is 15.0. The van der Waals surface area contributed by atoms with Crippen molar-refractivity contribution in [2.45, 2.75) is 133 Å². The minimum atomic E-state index is -1.17. The molecule has 8 atom stereocenters. The van der Waals surface area contributed by atoms with Crippen LogP contribution in [0.1, 0.15) is 127 Å². The van der Waals surface area contributed by atoms with Gasteiger partial charge in [0.25, 0.3) is 0 Å². The van der Waals surface area contributed by atoms with Crippen LogP contribution >= 0.6 is 0 Å². The van der Waals surface area contributed by atoms with Crippen LogP contribution in [-0.4, -0.2) is 110 Å². The third-order valence-corrected chi connectivity index (χ3v) is 16.4. The maximum absolute atomic E-state index is 15.0. The van der Waals surface area contributed by atoms with Crippen molar-refractivity contribution in [2.75, 3.05) is 60.9 Å². The van der Waals surface area contributed by atoms with Gasteiger partial charge in [-0.3, -0.25) is 24.1 Å². The van der Waals surface area contributed by atoms with Crippen molar-refractivity contribution in [3.05, 3.63) is 11.1 Å². The number of likely N-dealkylation sites (N-methyl/N-ethyl adjacent to an activating group) is 2. The average molecular weight is 754 g/mol. The number of carboxylic acids is 1. The van der Waals surface area contributed by atoms with E-state index in [2.05, 4.69) is 91.4 Å². The van der Waals surface area contributed by atoms with Crippen molar-refractivity contribution in [2.24, 2.45) is 56.2 Å². The van der Waals surface area contributed by atoms with Crippen LogP contribution in [-0.2, 0) is 23.9 Å². The SMILES string of the molecule is CC(C)C1=C2[C@H]3CC[C@@H]4[C@@]5(C)CC[C@H](OC(=O)CC(C)(C)C(=O)O)C(C)(C)C5CC[C@@]4(C)[C@]3(C)CC[C@@]2(C(=O)CN(CCN(C)C)CCN(C)C)CC1=O. The maximum Gasteiger partial charge on any atom is 0.309 e. The summed E-state index contributed by atoms with van der Waals surface area (Å²) in [6, 6.07) is 0. The van der Waals surface area contributed by atoms with Gasteiger partial charge < -0.3 is 19.6 Å². The number of esters is 1. The van der Waals surface area contributed by atoms with Gasteiger partial charge in [0.15, 0.2) is 11.6 Å². The van der Waals surface area contributed by atoms with Gasteiger partial charge in [-0.2, -0.15) is 0 Å². The molecule has 9 heteroatoms. The number of allylic oxidation sites excluding steroid dienone is 2. The van der Waals surface area contributed by atoms with Crippen molar-refractivity contribution in [3.8, 4) is 0 Å². The fourth-order valence-electron chi connectivity index (χ4n) is 13.1. The molecule has 0 radical (unpaired) electrons. The van der Waals surface area contributed by atoms with Crippen molar-refractivity contribution in [1.29, 1.82) is 0 Å². The van der Waals surface area contributed by atoms with Gasteiger partial charge in [-0.25, -0.2) is 0 Å². The number of carbonyl (C=O) groups is 4. The molecule has 4 fully saturated rings. The zero-order chi connectivity index (χ0) is 40.4. The van der Waals surface area contributed by atoms with Crippen LogP contribution in [0.25, 0.3) is 0 Å². The van der Waals surface area contributed by atoms with Crippen LogP contribution in [0.2, 0.25) is 0 Å². The molecule has 0 aliphatic heterocycles. The summed E-state index contributed by atoms with van der Waals surface area (Å²) in [4.78, 5) is 60.7. The summed E-state index contributed by atoms with van der Waals surface area (Å²) in [5.41, 5.74) is 0.124. The molecule has 0 saturated heterocycles. The van der Waals surface area contributed by atoms with Crippen LogP contribution in [0.3, 0.4) is 0 Å². The Bertz CT molecular complexity index is 1500. The highest BCUT2D eigenvalue weighted by Gasteiger charge is 2.71. The lowest BCUT2D eigenvalue weighted by atomic mass is 9.33. The van der Waals surface area contributed by atoms with Gasteiger partial charge in [0.05, 0.1) is 23.8 Å². The normalized spacial score (nSPS) is 36.3. The lowest BCUT2D eigenvalue weighted by Gasteiger charge is -2.72. The minimum absolute atomic E-state index is 0.0334. The molecule has 4 saturated carbocycles. The van der Waals surface area contributed by atoms with Crippen molar-refractivity contribution >= 4 is 23.5 Å². The standard InChI is InChI=1S/C45H75N3O6/c1-29(2)37-31(49)26-45(34(50)28-48(24-22-46(10)11)25-23-47(12)13)21-20-43(8)30(38(37)45)14-15-33-42(7)18-17-35(54-36(51)27-40(3,4)39(52)53)41(5,6)32(42)16-19-44(33,43)9/h29-30,32-33,35H,14-28H2,1-13H3,(H,52,53)/t30-,32?,33-,35+,42+,43-,44-,45+/m1/s1. The molecule has 54 heavy (non-hydrogen) atoms. The van der Waals surface area contributed by atoms with E-state index in [9.17, 15) is 24.3 Å². The van der Waals surface area contributed by atoms with E-state index < -0.39 is 22.8 Å². The molecule has 0 bridgehead atoms. The Morgan fingerprint density at radius 2 is 1.43 bits per heavy atom. The number of rotatable bonds is 14. The molecule has 0 aromatic heterocycles. The van der Waals surface area contributed by atoms with Crippen molar-refractivity contribution in [1.82, 2.24) is 14.7 Å². The Balaban J connectivity index is 1.44. The molecular formula is C45H75N3O6. The zero-order valence-electron chi connectivity index (χ0n) is 36.3. The number of carbonyl (C=O) groups excluding carboxylic acids is 3. The highest BCUT2D eigenvalue weighted by molar-refractivity contribution is 6.07. The second-order valence-corrected chi connectivity index (χ2v) is 21.3. The molecule has 0 aromatic carbocycles. The largest absolute Gasteiger partial charge is 0.481 e. The first-order valence-electron chi connectivity index (χ1n) is 21.1. The van der Waals surface area contributed by atoms with E-state index in [1.807, 2.05) is 0 Å². The Hall–Kier alpha value is -2.10. The second-order valence-electron chi connectivity index (χ2n) is 21.3. The molecule has 5 aliphatic carbocycles. The van der Waals surface area contributed by atoms with E-state index in [-0.39, 0.29) is 57.6 Å². The molecular weight excluding hydrogens is 679 g/mol. The second kappa shape index (κ2) is 15.0. The first-order chi connectivity index (χ1) is 24.9. The third kappa shape index (κ3) is 7.18. The number of hydrogen-bond donors (Lipinski definition) is 1. The zero-order valence-corrected chi connectivity index (χ0v) is 36.3. The van der Waals surface area contributed by atoms with Crippen LogP contribution in [0.15, 0.2) is 11.1 Å². The summed E-state index contributed by atoms with van der Waals surface area (Å²) >= 11 is 0. The van der Waals surface area contributed by atoms with Gasteiger partial charge in [0.1, 0.15) is 6.10 Å². The number of hydrogen-bond acceptors (Lipinski definition) is 8. The predicted molar refractivity (Wildman–Crippen MR) is 214 cm³/mol. The first-order valence-corrected chi connectivity index (χ1v) is 21.1. The fraction of sp³-hybridized carbons (Fsp3) is 0.867. The van der Waals surface area contributed by atoms with E-state index >= 15 is 0 Å². The van der Waals surface area contributed by atoms with Gasteiger partial charge in [-0.1, -0.05) is 48.5 Å². The quantitative estimate of drug-likeness (QED) is 0.182. The summed E-state index contributed by atoms with van der Waals surface area (Å²) in [6.07, 6.45) is 7.60.